The molecule has 1 fully saturated rings. The van der Waals surface area contributed by atoms with Gasteiger partial charge in [-0.25, -0.2) is 4.79 Å². The lowest BCUT2D eigenvalue weighted by Gasteiger charge is -2.27. The highest BCUT2D eigenvalue weighted by molar-refractivity contribution is 5.94. The zero-order valence-corrected chi connectivity index (χ0v) is 18.4. The highest BCUT2D eigenvalue weighted by atomic mass is 16.4. The van der Waals surface area contributed by atoms with Crippen LogP contribution in [-0.4, -0.2) is 77.8 Å². The van der Waals surface area contributed by atoms with Crippen molar-refractivity contribution in [2.24, 2.45) is 11.7 Å². The van der Waals surface area contributed by atoms with E-state index in [1.165, 1.54) is 0 Å². The van der Waals surface area contributed by atoms with E-state index >= 15 is 0 Å². The van der Waals surface area contributed by atoms with Crippen molar-refractivity contribution >= 4 is 23.7 Å². The van der Waals surface area contributed by atoms with Crippen LogP contribution in [0.15, 0.2) is 0 Å². The van der Waals surface area contributed by atoms with E-state index in [0.717, 1.165) is 13.0 Å². The summed E-state index contributed by atoms with van der Waals surface area (Å²) < 4.78 is 0. The van der Waals surface area contributed by atoms with Crippen molar-refractivity contribution in [2.45, 2.75) is 76.5 Å². The van der Waals surface area contributed by atoms with Crippen LogP contribution in [0.3, 0.4) is 0 Å². The Kier molecular flexibility index (Phi) is 12.1. The van der Waals surface area contributed by atoms with Gasteiger partial charge in [0.2, 0.25) is 17.7 Å². The lowest BCUT2D eigenvalue weighted by molar-refractivity contribution is -0.143. The van der Waals surface area contributed by atoms with Crippen LogP contribution < -0.4 is 27.0 Å². The van der Waals surface area contributed by atoms with Crippen molar-refractivity contribution in [3.63, 3.8) is 0 Å². The Morgan fingerprint density at radius 3 is 2.29 bits per heavy atom. The number of aliphatic hydroxyl groups excluding tert-OH is 1. The predicted octanol–water partition coefficient (Wildman–Crippen LogP) is -1.56. The van der Waals surface area contributed by atoms with Crippen LogP contribution in [0.5, 0.6) is 0 Å². The number of aliphatic carboxylic acids is 1. The Bertz CT molecular complexity index is 611. The Hall–Kier alpha value is -2.24. The first-order valence-corrected chi connectivity index (χ1v) is 10.9. The SMILES string of the molecule is CCC(C)C(NC(=O)C1CCCN1)C(=O)NC(CO)C(=O)NC(CCCCN)C(=O)O. The predicted molar refractivity (Wildman–Crippen MR) is 114 cm³/mol. The maximum atomic E-state index is 12.8. The molecule has 3 amide bonds. The average Bonchev–Trinajstić information content (AvgIpc) is 3.29. The van der Waals surface area contributed by atoms with Gasteiger partial charge in [0.15, 0.2) is 0 Å². The highest BCUT2D eigenvalue weighted by Gasteiger charge is 2.33. The first kappa shape index (κ1) is 26.8. The number of nitrogens with two attached hydrogens (primary N) is 1. The molecular formula is C20H37N5O6. The van der Waals surface area contributed by atoms with Gasteiger partial charge < -0.3 is 37.2 Å². The number of unbranched alkanes of at least 4 members (excludes halogenated alkanes) is 1. The van der Waals surface area contributed by atoms with Gasteiger partial charge in [-0.05, 0) is 51.1 Å². The maximum absolute atomic E-state index is 12.8. The van der Waals surface area contributed by atoms with Gasteiger partial charge in [-0.15, -0.1) is 0 Å². The molecule has 1 aliphatic heterocycles. The van der Waals surface area contributed by atoms with Gasteiger partial charge in [-0.2, -0.15) is 0 Å². The summed E-state index contributed by atoms with van der Waals surface area (Å²) >= 11 is 0. The van der Waals surface area contributed by atoms with E-state index in [1.807, 2.05) is 6.92 Å². The summed E-state index contributed by atoms with van der Waals surface area (Å²) in [6, 6.07) is -3.73. The van der Waals surface area contributed by atoms with Gasteiger partial charge in [-0.3, -0.25) is 14.4 Å². The minimum atomic E-state index is -1.34. The smallest absolute Gasteiger partial charge is 0.326 e. The second kappa shape index (κ2) is 13.9. The second-order valence-electron chi connectivity index (χ2n) is 7.95. The summed E-state index contributed by atoms with van der Waals surface area (Å²) in [6.45, 7) is 4.12. The van der Waals surface area contributed by atoms with Crippen LogP contribution in [0, 0.1) is 5.92 Å². The van der Waals surface area contributed by atoms with Crippen LogP contribution in [0.1, 0.15) is 52.4 Å². The molecule has 178 valence electrons. The fourth-order valence-electron chi connectivity index (χ4n) is 3.34. The number of carboxylic acids is 1. The summed E-state index contributed by atoms with van der Waals surface area (Å²) in [4.78, 5) is 49.2. The minimum Gasteiger partial charge on any atom is -0.480 e. The third-order valence-electron chi connectivity index (χ3n) is 5.55. The fraction of sp³-hybridized carbons (Fsp3) is 0.800. The lowest BCUT2D eigenvalue weighted by Crippen LogP contribution is -2.59. The largest absolute Gasteiger partial charge is 0.480 e. The summed E-state index contributed by atoms with van der Waals surface area (Å²) in [7, 11) is 0. The number of hydrogen-bond acceptors (Lipinski definition) is 7. The Labute approximate surface area is 182 Å². The summed E-state index contributed by atoms with van der Waals surface area (Å²) in [6.07, 6.45) is 3.48. The summed E-state index contributed by atoms with van der Waals surface area (Å²) in [5.41, 5.74) is 5.41. The average molecular weight is 444 g/mol. The van der Waals surface area contributed by atoms with Gasteiger partial charge in [0.05, 0.1) is 12.6 Å². The number of hydrogen-bond donors (Lipinski definition) is 7. The van der Waals surface area contributed by atoms with Crippen LogP contribution in [0.4, 0.5) is 0 Å². The zero-order valence-electron chi connectivity index (χ0n) is 18.4. The van der Waals surface area contributed by atoms with Crippen LogP contribution in [-0.2, 0) is 19.2 Å². The normalized spacial score (nSPS) is 19.7. The number of nitrogens with one attached hydrogen (secondary N) is 4. The molecule has 31 heavy (non-hydrogen) atoms. The molecule has 11 nitrogen and oxygen atoms in total. The zero-order chi connectivity index (χ0) is 23.4. The van der Waals surface area contributed by atoms with Crippen LogP contribution in [0.2, 0.25) is 0 Å². The first-order valence-electron chi connectivity index (χ1n) is 10.9. The third kappa shape index (κ3) is 8.80. The van der Waals surface area contributed by atoms with Crippen molar-refractivity contribution in [1.29, 1.82) is 0 Å². The van der Waals surface area contributed by atoms with E-state index in [0.29, 0.717) is 32.2 Å². The molecule has 1 saturated heterocycles. The molecule has 8 N–H and O–H groups in total. The van der Waals surface area contributed by atoms with E-state index in [9.17, 15) is 29.4 Å². The van der Waals surface area contributed by atoms with Crippen molar-refractivity contribution in [2.75, 3.05) is 19.7 Å². The van der Waals surface area contributed by atoms with Gasteiger partial charge >= 0.3 is 5.97 Å². The molecule has 0 aromatic carbocycles. The number of carbonyl (C=O) groups is 4. The van der Waals surface area contributed by atoms with Crippen molar-refractivity contribution < 1.29 is 29.4 Å². The molecule has 0 aromatic rings. The van der Waals surface area contributed by atoms with E-state index < -0.39 is 42.5 Å². The third-order valence-corrected chi connectivity index (χ3v) is 5.55. The van der Waals surface area contributed by atoms with E-state index in [1.54, 1.807) is 6.92 Å². The number of carbonyl (C=O) groups excluding carboxylic acids is 3. The molecule has 0 spiro atoms. The highest BCUT2D eigenvalue weighted by Crippen LogP contribution is 2.11. The second-order valence-corrected chi connectivity index (χ2v) is 7.95. The Morgan fingerprint density at radius 1 is 1.10 bits per heavy atom. The molecule has 0 radical (unpaired) electrons. The molecule has 0 saturated carbocycles. The van der Waals surface area contributed by atoms with Gasteiger partial charge in [-0.1, -0.05) is 20.3 Å². The molecular weight excluding hydrogens is 406 g/mol. The quantitative estimate of drug-likeness (QED) is 0.157. The summed E-state index contributed by atoms with van der Waals surface area (Å²) in [5, 5.41) is 29.5. The fourth-order valence-corrected chi connectivity index (χ4v) is 3.34. The Balaban J connectivity index is 2.77. The molecule has 11 heteroatoms. The van der Waals surface area contributed by atoms with Gasteiger partial charge in [0.25, 0.3) is 0 Å². The first-order chi connectivity index (χ1) is 14.7. The topological polar surface area (TPSA) is 183 Å². The molecule has 5 atom stereocenters. The van der Waals surface area contributed by atoms with E-state index in [-0.39, 0.29) is 24.3 Å². The maximum Gasteiger partial charge on any atom is 0.326 e. The molecule has 0 aliphatic carbocycles. The Morgan fingerprint density at radius 2 is 1.77 bits per heavy atom. The van der Waals surface area contributed by atoms with Crippen LogP contribution in [0.25, 0.3) is 0 Å². The molecule has 0 bridgehead atoms. The molecule has 1 aliphatic rings. The monoisotopic (exact) mass is 443 g/mol. The molecule has 0 aromatic heterocycles. The minimum absolute atomic E-state index is 0.185. The number of amides is 3. The lowest BCUT2D eigenvalue weighted by atomic mass is 9.97. The van der Waals surface area contributed by atoms with Crippen molar-refractivity contribution in [3.8, 4) is 0 Å². The van der Waals surface area contributed by atoms with E-state index in [4.69, 9.17) is 5.73 Å². The van der Waals surface area contributed by atoms with Crippen LogP contribution >= 0.6 is 0 Å². The van der Waals surface area contributed by atoms with E-state index in [2.05, 4.69) is 21.3 Å². The molecule has 1 rings (SSSR count). The standard InChI is InChI=1S/C20H37N5O6/c1-3-12(2)16(25-17(27)13-8-6-10-22-13)19(29)24-15(11-26)18(28)23-14(20(30)31)7-4-5-9-21/h12-16,22,26H,3-11,21H2,1-2H3,(H,23,28)(H,24,29)(H,25,27)(H,30,31). The summed E-state index contributed by atoms with van der Waals surface area (Å²) in [5.74, 6) is -3.11. The van der Waals surface area contributed by atoms with Crippen molar-refractivity contribution in [1.82, 2.24) is 21.3 Å². The number of aliphatic hydroxyl groups is 1. The van der Waals surface area contributed by atoms with Gasteiger partial charge in [0.1, 0.15) is 18.1 Å². The van der Waals surface area contributed by atoms with Gasteiger partial charge in [0, 0.05) is 0 Å². The number of rotatable bonds is 14. The number of carboxylic acid groups (broad SMARTS) is 1. The molecule has 1 heterocycles. The van der Waals surface area contributed by atoms with Crippen molar-refractivity contribution in [3.05, 3.63) is 0 Å². The molecule has 5 unspecified atom stereocenters.